The summed E-state index contributed by atoms with van der Waals surface area (Å²) in [6, 6.07) is 9.83. The predicted octanol–water partition coefficient (Wildman–Crippen LogP) is 2.01. The van der Waals surface area contributed by atoms with Crippen LogP contribution < -0.4 is 15.5 Å². The number of para-hydroxylation sites is 1. The first-order valence-corrected chi connectivity index (χ1v) is 10.8. The van der Waals surface area contributed by atoms with Gasteiger partial charge in [0.25, 0.3) is 0 Å². The highest BCUT2D eigenvalue weighted by molar-refractivity contribution is 5.76. The van der Waals surface area contributed by atoms with E-state index in [1.54, 1.807) is 6.07 Å². The third kappa shape index (κ3) is 3.65. The van der Waals surface area contributed by atoms with E-state index in [4.69, 9.17) is 0 Å². The van der Waals surface area contributed by atoms with Crippen LogP contribution >= 0.6 is 0 Å². The predicted molar refractivity (Wildman–Crippen MR) is 115 cm³/mol. The van der Waals surface area contributed by atoms with Crippen LogP contribution in [0.5, 0.6) is 5.75 Å². The van der Waals surface area contributed by atoms with Crippen LogP contribution in [0, 0.1) is 11.8 Å². The quantitative estimate of drug-likeness (QED) is 0.735. The molecule has 2 saturated heterocycles. The molecule has 0 saturated carbocycles. The van der Waals surface area contributed by atoms with Crippen molar-refractivity contribution in [1.29, 1.82) is 0 Å². The molecule has 29 heavy (non-hydrogen) atoms. The highest BCUT2D eigenvalue weighted by atomic mass is 16.3. The highest BCUT2D eigenvalue weighted by Crippen LogP contribution is 2.36. The number of piperazine rings is 1. The molecule has 0 aliphatic carbocycles. The molecule has 2 fully saturated rings. The van der Waals surface area contributed by atoms with Gasteiger partial charge in [-0.3, -0.25) is 4.90 Å². The van der Waals surface area contributed by atoms with Gasteiger partial charge in [0.2, 0.25) is 0 Å². The average molecular weight is 395 g/mol. The number of fused-ring (bicyclic) bond motifs is 3. The third-order valence-corrected chi connectivity index (χ3v) is 6.79. The van der Waals surface area contributed by atoms with Crippen LogP contribution in [0.4, 0.5) is 11.5 Å². The molecule has 3 atom stereocenters. The fourth-order valence-corrected chi connectivity index (χ4v) is 5.01. The summed E-state index contributed by atoms with van der Waals surface area (Å²) in [6.45, 7) is 9.96. The number of hydrogen-bond acceptors (Lipinski definition) is 7. The molecule has 5 rings (SSSR count). The second-order valence-electron chi connectivity index (χ2n) is 8.70. The number of phenols is 1. The summed E-state index contributed by atoms with van der Waals surface area (Å²) < 4.78 is 0. The van der Waals surface area contributed by atoms with Crippen LogP contribution in [-0.2, 0) is 0 Å². The highest BCUT2D eigenvalue weighted by Gasteiger charge is 2.34. The summed E-state index contributed by atoms with van der Waals surface area (Å²) in [7, 11) is 0. The van der Waals surface area contributed by atoms with Crippen molar-refractivity contribution in [1.82, 2.24) is 20.4 Å². The summed E-state index contributed by atoms with van der Waals surface area (Å²) in [4.78, 5) is 5.13. The van der Waals surface area contributed by atoms with Gasteiger partial charge in [0.05, 0.1) is 17.4 Å². The van der Waals surface area contributed by atoms with Crippen LogP contribution in [-0.4, -0.2) is 72.1 Å². The van der Waals surface area contributed by atoms with Gasteiger partial charge in [0.1, 0.15) is 5.75 Å². The largest absolute Gasteiger partial charge is 0.507 e. The van der Waals surface area contributed by atoms with Gasteiger partial charge >= 0.3 is 0 Å². The Bertz CT molecular complexity index is 874. The number of hydrogen-bond donors (Lipinski definition) is 3. The molecule has 7 heteroatoms. The zero-order chi connectivity index (χ0) is 19.8. The van der Waals surface area contributed by atoms with Gasteiger partial charge in [-0.05, 0) is 49.5 Å². The van der Waals surface area contributed by atoms with Crippen molar-refractivity contribution in [2.75, 3.05) is 56.0 Å². The molecular weight excluding hydrogens is 364 g/mol. The molecule has 4 heterocycles. The lowest BCUT2D eigenvalue weighted by Gasteiger charge is -2.47. The van der Waals surface area contributed by atoms with Gasteiger partial charge in [-0.1, -0.05) is 19.1 Å². The Balaban J connectivity index is 1.33. The molecule has 3 N–H and O–H groups in total. The first-order chi connectivity index (χ1) is 14.2. The third-order valence-electron chi connectivity index (χ3n) is 6.79. The van der Waals surface area contributed by atoms with Gasteiger partial charge in [0, 0.05) is 38.3 Å². The van der Waals surface area contributed by atoms with E-state index in [1.807, 2.05) is 18.2 Å². The number of piperidine rings is 1. The SMILES string of the molecule is CC1CNCCC1CN1CCN2c3cc(-c4ccccc4O)nnc3NC[C@H]2C1. The summed E-state index contributed by atoms with van der Waals surface area (Å²) in [5, 5.41) is 26.0. The molecular formula is C22H30N6O. The van der Waals surface area contributed by atoms with Crippen molar-refractivity contribution in [3.05, 3.63) is 30.3 Å². The lowest BCUT2D eigenvalue weighted by molar-refractivity contribution is 0.147. The fourth-order valence-electron chi connectivity index (χ4n) is 5.01. The monoisotopic (exact) mass is 394 g/mol. The van der Waals surface area contributed by atoms with E-state index in [2.05, 4.69) is 43.6 Å². The molecule has 0 spiro atoms. The van der Waals surface area contributed by atoms with Gasteiger partial charge in [-0.15, -0.1) is 10.2 Å². The number of aromatic nitrogens is 2. The molecule has 3 aliphatic heterocycles. The van der Waals surface area contributed by atoms with E-state index in [0.29, 0.717) is 6.04 Å². The van der Waals surface area contributed by atoms with E-state index in [0.717, 1.165) is 73.9 Å². The second kappa shape index (κ2) is 7.80. The number of nitrogens with zero attached hydrogens (tertiary/aromatic N) is 4. The molecule has 3 aliphatic rings. The van der Waals surface area contributed by atoms with E-state index >= 15 is 0 Å². The minimum atomic E-state index is 0.239. The topological polar surface area (TPSA) is 76.5 Å². The summed E-state index contributed by atoms with van der Waals surface area (Å²) in [5.41, 5.74) is 2.54. The molecule has 1 aromatic heterocycles. The van der Waals surface area contributed by atoms with E-state index in [-0.39, 0.29) is 5.75 Å². The Labute approximate surface area is 172 Å². The molecule has 1 aromatic carbocycles. The second-order valence-corrected chi connectivity index (χ2v) is 8.70. The molecule has 7 nitrogen and oxygen atoms in total. The average Bonchev–Trinajstić information content (AvgIpc) is 2.75. The number of nitrogens with one attached hydrogen (secondary N) is 2. The smallest absolute Gasteiger partial charge is 0.172 e. The molecule has 2 aromatic rings. The number of phenolic OH excluding ortho intramolecular Hbond substituents is 1. The Morgan fingerprint density at radius 1 is 1.17 bits per heavy atom. The van der Waals surface area contributed by atoms with Gasteiger partial charge < -0.3 is 20.6 Å². The molecule has 0 amide bonds. The number of aromatic hydroxyl groups is 1. The fraction of sp³-hybridized carbons (Fsp3) is 0.545. The first-order valence-electron chi connectivity index (χ1n) is 10.8. The maximum absolute atomic E-state index is 10.2. The van der Waals surface area contributed by atoms with Crippen LogP contribution in [0.2, 0.25) is 0 Å². The Morgan fingerprint density at radius 2 is 2.07 bits per heavy atom. The molecule has 0 radical (unpaired) electrons. The Hall–Kier alpha value is -2.38. The zero-order valence-corrected chi connectivity index (χ0v) is 17.0. The Morgan fingerprint density at radius 3 is 2.93 bits per heavy atom. The van der Waals surface area contributed by atoms with Crippen molar-refractivity contribution in [3.63, 3.8) is 0 Å². The van der Waals surface area contributed by atoms with Gasteiger partial charge in [-0.2, -0.15) is 0 Å². The molecule has 154 valence electrons. The minimum absolute atomic E-state index is 0.239. The van der Waals surface area contributed by atoms with Crippen molar-refractivity contribution < 1.29 is 5.11 Å². The number of anilines is 2. The number of rotatable bonds is 3. The Kier molecular flexibility index (Phi) is 5.01. The van der Waals surface area contributed by atoms with Crippen molar-refractivity contribution >= 4 is 11.5 Å². The van der Waals surface area contributed by atoms with Crippen LogP contribution in [0.3, 0.4) is 0 Å². The molecule has 2 unspecified atom stereocenters. The normalized spacial score (nSPS) is 27.1. The van der Waals surface area contributed by atoms with Crippen molar-refractivity contribution in [2.24, 2.45) is 11.8 Å². The summed E-state index contributed by atoms with van der Waals surface area (Å²) >= 11 is 0. The number of benzene rings is 1. The lowest BCUT2D eigenvalue weighted by Crippen LogP contribution is -2.59. The van der Waals surface area contributed by atoms with Gasteiger partial charge in [-0.25, -0.2) is 0 Å². The van der Waals surface area contributed by atoms with Crippen LogP contribution in [0.1, 0.15) is 13.3 Å². The van der Waals surface area contributed by atoms with Crippen LogP contribution in [0.25, 0.3) is 11.3 Å². The van der Waals surface area contributed by atoms with E-state index < -0.39 is 0 Å². The lowest BCUT2D eigenvalue weighted by atomic mass is 9.87. The van der Waals surface area contributed by atoms with Gasteiger partial charge in [0.15, 0.2) is 5.82 Å². The standard InChI is InChI=1S/C22H30N6O/c1-15-11-23-7-6-16(15)13-27-8-9-28-17(14-27)12-24-22-20(28)10-19(25-26-22)18-4-2-3-5-21(18)29/h2-5,10,15-17,23,29H,6-9,11-14H2,1H3,(H,24,26)/t15?,16?,17-/m0/s1. The van der Waals surface area contributed by atoms with Crippen LogP contribution in [0.15, 0.2) is 30.3 Å². The maximum atomic E-state index is 10.2. The van der Waals surface area contributed by atoms with Crippen molar-refractivity contribution in [2.45, 2.75) is 19.4 Å². The molecule has 0 bridgehead atoms. The summed E-state index contributed by atoms with van der Waals surface area (Å²) in [5.74, 6) is 2.64. The first kappa shape index (κ1) is 18.6. The minimum Gasteiger partial charge on any atom is -0.507 e. The van der Waals surface area contributed by atoms with E-state index in [1.165, 1.54) is 13.0 Å². The zero-order valence-electron chi connectivity index (χ0n) is 17.0. The van der Waals surface area contributed by atoms with Crippen molar-refractivity contribution in [3.8, 4) is 17.0 Å². The van der Waals surface area contributed by atoms with E-state index in [9.17, 15) is 5.11 Å². The summed E-state index contributed by atoms with van der Waals surface area (Å²) in [6.07, 6.45) is 1.28. The maximum Gasteiger partial charge on any atom is 0.172 e.